The minimum absolute atomic E-state index is 0.0581. The van der Waals surface area contributed by atoms with Gasteiger partial charge in [-0.2, -0.15) is 0 Å². The van der Waals surface area contributed by atoms with Gasteiger partial charge in [0.25, 0.3) is 5.91 Å². The Labute approximate surface area is 130 Å². The van der Waals surface area contributed by atoms with Crippen molar-refractivity contribution in [2.24, 2.45) is 7.05 Å². The van der Waals surface area contributed by atoms with Gasteiger partial charge in [0.15, 0.2) is 0 Å². The van der Waals surface area contributed by atoms with Crippen molar-refractivity contribution in [3.63, 3.8) is 0 Å². The number of anilines is 1. The summed E-state index contributed by atoms with van der Waals surface area (Å²) in [6.45, 7) is 6.56. The molecule has 0 aromatic carbocycles. The van der Waals surface area contributed by atoms with Crippen LogP contribution in [0, 0.1) is 0 Å². The van der Waals surface area contributed by atoms with Gasteiger partial charge < -0.3 is 14.4 Å². The molecule has 0 bridgehead atoms. The highest BCUT2D eigenvalue weighted by atomic mass is 16.2. The lowest BCUT2D eigenvalue weighted by atomic mass is 10.2. The summed E-state index contributed by atoms with van der Waals surface area (Å²) in [4.78, 5) is 21.3. The second-order valence-electron chi connectivity index (χ2n) is 5.45. The van der Waals surface area contributed by atoms with E-state index in [-0.39, 0.29) is 5.91 Å². The minimum Gasteiger partial charge on any atom is -0.351 e. The maximum atomic E-state index is 12.8. The molecule has 0 N–H and O–H groups in total. The molecule has 1 aliphatic heterocycles. The van der Waals surface area contributed by atoms with Crippen LogP contribution in [0.3, 0.4) is 0 Å². The van der Waals surface area contributed by atoms with Crippen LogP contribution < -0.4 is 4.90 Å². The Balaban J connectivity index is 1.90. The number of amides is 1. The predicted octanol–water partition coefficient (Wildman–Crippen LogP) is 2.07. The van der Waals surface area contributed by atoms with Crippen molar-refractivity contribution in [1.29, 1.82) is 0 Å². The Morgan fingerprint density at radius 3 is 2.95 bits per heavy atom. The minimum atomic E-state index is 0.0581. The SMILES string of the molecule is C=CCN1CCN(C(=O)c2cccn2C)Cc2cccnc21. The average molecular weight is 296 g/mol. The van der Waals surface area contributed by atoms with E-state index in [4.69, 9.17) is 0 Å². The first kappa shape index (κ1) is 14.4. The third-order valence-electron chi connectivity index (χ3n) is 3.97. The molecule has 0 atom stereocenters. The van der Waals surface area contributed by atoms with Crippen LogP contribution in [0.4, 0.5) is 5.82 Å². The van der Waals surface area contributed by atoms with Gasteiger partial charge in [0.1, 0.15) is 11.5 Å². The van der Waals surface area contributed by atoms with Crippen LogP contribution in [0.2, 0.25) is 0 Å². The molecule has 0 radical (unpaired) electrons. The Bertz CT molecular complexity index is 691. The standard InChI is InChI=1S/C17H20N4O/c1-3-9-20-11-12-21(13-14-6-4-8-18-16(14)20)17(22)15-7-5-10-19(15)2/h3-8,10H,1,9,11-13H2,2H3. The van der Waals surface area contributed by atoms with E-state index < -0.39 is 0 Å². The average Bonchev–Trinajstić information content (AvgIpc) is 2.86. The Kier molecular flexibility index (Phi) is 3.96. The molecular weight excluding hydrogens is 276 g/mol. The van der Waals surface area contributed by atoms with Gasteiger partial charge in [-0.15, -0.1) is 6.58 Å². The summed E-state index contributed by atoms with van der Waals surface area (Å²) in [6.07, 6.45) is 5.56. The van der Waals surface area contributed by atoms with Crippen LogP contribution in [0.5, 0.6) is 0 Å². The van der Waals surface area contributed by atoms with Gasteiger partial charge in [0, 0.05) is 51.2 Å². The van der Waals surface area contributed by atoms with E-state index in [2.05, 4.69) is 16.5 Å². The fourth-order valence-electron chi connectivity index (χ4n) is 2.82. The molecule has 0 spiro atoms. The number of rotatable bonds is 3. The number of carbonyl (C=O) groups is 1. The van der Waals surface area contributed by atoms with Gasteiger partial charge in [-0.3, -0.25) is 4.79 Å². The lowest BCUT2D eigenvalue weighted by molar-refractivity contribution is 0.0742. The Hall–Kier alpha value is -2.56. The number of hydrogen-bond acceptors (Lipinski definition) is 3. The molecule has 1 amide bonds. The van der Waals surface area contributed by atoms with E-state index >= 15 is 0 Å². The van der Waals surface area contributed by atoms with Crippen molar-refractivity contribution in [2.45, 2.75) is 6.54 Å². The summed E-state index contributed by atoms with van der Waals surface area (Å²) in [5.41, 5.74) is 1.78. The lowest BCUT2D eigenvalue weighted by Gasteiger charge is -2.22. The van der Waals surface area contributed by atoms with Gasteiger partial charge in [-0.1, -0.05) is 12.1 Å². The van der Waals surface area contributed by atoms with Crippen molar-refractivity contribution < 1.29 is 4.79 Å². The topological polar surface area (TPSA) is 41.4 Å². The van der Waals surface area contributed by atoms with E-state index in [1.54, 1.807) is 6.20 Å². The summed E-state index contributed by atoms with van der Waals surface area (Å²) in [6, 6.07) is 7.71. The van der Waals surface area contributed by atoms with E-state index in [9.17, 15) is 4.79 Å². The van der Waals surface area contributed by atoms with Crippen molar-refractivity contribution in [3.8, 4) is 0 Å². The highest BCUT2D eigenvalue weighted by molar-refractivity contribution is 5.93. The third kappa shape index (κ3) is 2.62. The van der Waals surface area contributed by atoms with Crippen molar-refractivity contribution in [1.82, 2.24) is 14.5 Å². The molecule has 2 aromatic heterocycles. The zero-order chi connectivity index (χ0) is 15.5. The number of carbonyl (C=O) groups excluding carboxylic acids is 1. The molecule has 0 saturated carbocycles. The third-order valence-corrected chi connectivity index (χ3v) is 3.97. The van der Waals surface area contributed by atoms with Gasteiger partial charge in [-0.25, -0.2) is 4.98 Å². The summed E-state index contributed by atoms with van der Waals surface area (Å²) in [7, 11) is 1.89. The molecule has 114 valence electrons. The van der Waals surface area contributed by atoms with Crippen LogP contribution in [0.1, 0.15) is 16.1 Å². The zero-order valence-corrected chi connectivity index (χ0v) is 12.8. The number of nitrogens with zero attached hydrogens (tertiary/aromatic N) is 4. The summed E-state index contributed by atoms with van der Waals surface area (Å²) in [5.74, 6) is 1.01. The molecular formula is C17H20N4O. The molecule has 3 heterocycles. The van der Waals surface area contributed by atoms with Crippen molar-refractivity contribution in [3.05, 3.63) is 60.6 Å². The largest absolute Gasteiger partial charge is 0.351 e. The summed E-state index contributed by atoms with van der Waals surface area (Å²) >= 11 is 0. The first-order valence-electron chi connectivity index (χ1n) is 7.41. The molecule has 3 rings (SSSR count). The molecule has 0 unspecified atom stereocenters. The van der Waals surface area contributed by atoms with E-state index in [0.29, 0.717) is 18.8 Å². The van der Waals surface area contributed by atoms with E-state index in [1.165, 1.54) is 0 Å². The van der Waals surface area contributed by atoms with Crippen LogP contribution in [0.15, 0.2) is 49.3 Å². The predicted molar refractivity (Wildman–Crippen MR) is 86.8 cm³/mol. The molecule has 5 nitrogen and oxygen atoms in total. The quantitative estimate of drug-likeness (QED) is 0.814. The second-order valence-corrected chi connectivity index (χ2v) is 5.45. The molecule has 0 fully saturated rings. The highest BCUT2D eigenvalue weighted by Crippen LogP contribution is 2.23. The fraction of sp³-hybridized carbons (Fsp3) is 0.294. The lowest BCUT2D eigenvalue weighted by Crippen LogP contribution is -2.36. The fourth-order valence-corrected chi connectivity index (χ4v) is 2.82. The van der Waals surface area contributed by atoms with Crippen LogP contribution in [-0.2, 0) is 13.6 Å². The number of aryl methyl sites for hydroxylation is 1. The van der Waals surface area contributed by atoms with Gasteiger partial charge in [0.05, 0.1) is 0 Å². The number of fused-ring (bicyclic) bond motifs is 1. The molecule has 1 aliphatic rings. The maximum absolute atomic E-state index is 12.8. The molecule has 5 heteroatoms. The van der Waals surface area contributed by atoms with Crippen molar-refractivity contribution >= 4 is 11.7 Å². The van der Waals surface area contributed by atoms with E-state index in [0.717, 1.165) is 24.5 Å². The van der Waals surface area contributed by atoms with E-state index in [1.807, 2.05) is 53.1 Å². The van der Waals surface area contributed by atoms with Crippen LogP contribution in [-0.4, -0.2) is 40.0 Å². The smallest absolute Gasteiger partial charge is 0.270 e. The molecule has 0 aliphatic carbocycles. The van der Waals surface area contributed by atoms with Gasteiger partial charge >= 0.3 is 0 Å². The monoisotopic (exact) mass is 296 g/mol. The Morgan fingerprint density at radius 2 is 2.23 bits per heavy atom. The van der Waals surface area contributed by atoms with Crippen LogP contribution in [0.25, 0.3) is 0 Å². The number of aromatic nitrogens is 2. The molecule has 2 aromatic rings. The number of hydrogen-bond donors (Lipinski definition) is 0. The second kappa shape index (κ2) is 6.05. The van der Waals surface area contributed by atoms with Crippen LogP contribution >= 0.6 is 0 Å². The summed E-state index contributed by atoms with van der Waals surface area (Å²) in [5, 5.41) is 0. The van der Waals surface area contributed by atoms with Gasteiger partial charge in [0.2, 0.25) is 0 Å². The normalized spacial score (nSPS) is 14.4. The zero-order valence-electron chi connectivity index (χ0n) is 12.8. The maximum Gasteiger partial charge on any atom is 0.270 e. The first-order valence-corrected chi connectivity index (χ1v) is 7.41. The molecule has 22 heavy (non-hydrogen) atoms. The van der Waals surface area contributed by atoms with Gasteiger partial charge in [-0.05, 0) is 18.2 Å². The first-order chi connectivity index (χ1) is 10.7. The number of pyridine rings is 1. The highest BCUT2D eigenvalue weighted by Gasteiger charge is 2.24. The Morgan fingerprint density at radius 1 is 1.36 bits per heavy atom. The van der Waals surface area contributed by atoms with Crippen molar-refractivity contribution in [2.75, 3.05) is 24.5 Å². The summed E-state index contributed by atoms with van der Waals surface area (Å²) < 4.78 is 1.86. The molecule has 0 saturated heterocycles.